The van der Waals surface area contributed by atoms with E-state index in [1.807, 2.05) is 4.90 Å². The second-order valence-electron chi connectivity index (χ2n) is 11.5. The van der Waals surface area contributed by atoms with Crippen LogP contribution >= 0.6 is 0 Å². The van der Waals surface area contributed by atoms with E-state index in [1.165, 1.54) is 56.0 Å². The Labute approximate surface area is 226 Å². The van der Waals surface area contributed by atoms with Crippen LogP contribution in [0.4, 0.5) is 10.5 Å². The molecule has 202 valence electrons. The molecule has 0 spiro atoms. The van der Waals surface area contributed by atoms with Gasteiger partial charge in [-0.2, -0.15) is 0 Å². The van der Waals surface area contributed by atoms with Gasteiger partial charge in [-0.1, -0.05) is 36.8 Å². The molecule has 2 fully saturated rings. The summed E-state index contributed by atoms with van der Waals surface area (Å²) in [6.45, 7) is 7.85. The van der Waals surface area contributed by atoms with Crippen LogP contribution in [0.1, 0.15) is 62.0 Å². The maximum absolute atomic E-state index is 12.7. The fourth-order valence-electron chi connectivity index (χ4n) is 7.06. The molecule has 1 amide bonds. The lowest BCUT2D eigenvalue weighted by atomic mass is 9.84. The Kier molecular flexibility index (Phi) is 7.39. The Morgan fingerprint density at radius 3 is 2.68 bits per heavy atom. The zero-order valence-corrected chi connectivity index (χ0v) is 22.9. The van der Waals surface area contributed by atoms with Crippen LogP contribution < -0.4 is 10.2 Å². The molecule has 1 aromatic heterocycles. The molecule has 1 aliphatic carbocycles. The van der Waals surface area contributed by atoms with Gasteiger partial charge in [-0.25, -0.2) is 9.78 Å². The summed E-state index contributed by atoms with van der Waals surface area (Å²) in [5, 5.41) is 3.49. The van der Waals surface area contributed by atoms with E-state index in [2.05, 4.69) is 64.2 Å². The number of imidazole rings is 1. The third kappa shape index (κ3) is 4.94. The number of nitrogens with one attached hydrogen (secondary N) is 1. The molecule has 3 aromatic rings. The topological polar surface area (TPSA) is 62.6 Å². The van der Waals surface area contributed by atoms with Crippen LogP contribution in [0.15, 0.2) is 42.5 Å². The number of anilines is 1. The second-order valence-corrected chi connectivity index (χ2v) is 11.5. The molecule has 3 heterocycles. The molecule has 7 nitrogen and oxygen atoms in total. The highest BCUT2D eigenvalue weighted by Gasteiger charge is 2.33. The number of benzene rings is 2. The van der Waals surface area contributed by atoms with Crippen molar-refractivity contribution < 1.29 is 9.53 Å². The molecule has 3 atom stereocenters. The van der Waals surface area contributed by atoms with Crippen molar-refractivity contribution in [3.8, 4) is 0 Å². The van der Waals surface area contributed by atoms with E-state index in [9.17, 15) is 4.79 Å². The number of rotatable bonds is 5. The fraction of sp³-hybridized carbons (Fsp3) is 0.548. The third-order valence-electron chi connectivity index (χ3n) is 8.95. The molecule has 7 heteroatoms. The van der Waals surface area contributed by atoms with Gasteiger partial charge in [-0.15, -0.1) is 0 Å². The fourth-order valence-corrected chi connectivity index (χ4v) is 7.06. The number of aromatic nitrogens is 2. The van der Waals surface area contributed by atoms with Gasteiger partial charge >= 0.3 is 6.09 Å². The Morgan fingerprint density at radius 1 is 1.08 bits per heavy atom. The van der Waals surface area contributed by atoms with Crippen molar-refractivity contribution in [3.05, 3.63) is 59.4 Å². The summed E-state index contributed by atoms with van der Waals surface area (Å²) in [5.41, 5.74) is 5.72. The van der Waals surface area contributed by atoms with E-state index in [0.29, 0.717) is 6.04 Å². The van der Waals surface area contributed by atoms with Crippen LogP contribution in [0.2, 0.25) is 0 Å². The first kappa shape index (κ1) is 25.4. The van der Waals surface area contributed by atoms with Crippen LogP contribution in [0.25, 0.3) is 11.0 Å². The summed E-state index contributed by atoms with van der Waals surface area (Å²) in [4.78, 5) is 22.5. The Hall–Kier alpha value is -2.90. The first-order valence-electron chi connectivity index (χ1n) is 14.5. The van der Waals surface area contributed by atoms with Gasteiger partial charge in [0.25, 0.3) is 0 Å². The zero-order chi connectivity index (χ0) is 26.1. The smallest absolute Gasteiger partial charge is 0.414 e. The van der Waals surface area contributed by atoms with Gasteiger partial charge in [0.2, 0.25) is 0 Å². The first-order valence-corrected chi connectivity index (χ1v) is 14.5. The number of piperazine rings is 1. The molecule has 2 aliphatic heterocycles. The maximum atomic E-state index is 12.7. The van der Waals surface area contributed by atoms with Crippen molar-refractivity contribution in [1.29, 1.82) is 0 Å². The average Bonchev–Trinajstić information content (AvgIpc) is 3.32. The van der Waals surface area contributed by atoms with E-state index in [1.54, 1.807) is 0 Å². The average molecular weight is 516 g/mol. The van der Waals surface area contributed by atoms with E-state index in [4.69, 9.17) is 9.72 Å². The predicted octanol–water partition coefficient (Wildman–Crippen LogP) is 5.17. The first-order chi connectivity index (χ1) is 18.6. The number of nitrogens with zero attached hydrogens (tertiary/aromatic N) is 4. The number of fused-ring (bicyclic) bond motifs is 3. The number of aryl methyl sites for hydroxylation is 1. The quantitative estimate of drug-likeness (QED) is 0.508. The molecule has 1 N–H and O–H groups in total. The van der Waals surface area contributed by atoms with Gasteiger partial charge in [0, 0.05) is 56.8 Å². The number of carbonyl (C=O) groups is 1. The molecule has 0 radical (unpaired) electrons. The van der Waals surface area contributed by atoms with Crippen molar-refractivity contribution in [2.24, 2.45) is 5.92 Å². The predicted molar refractivity (Wildman–Crippen MR) is 152 cm³/mol. The lowest BCUT2D eigenvalue weighted by Crippen LogP contribution is -2.45. The van der Waals surface area contributed by atoms with Gasteiger partial charge in [0.05, 0.1) is 23.8 Å². The van der Waals surface area contributed by atoms with Gasteiger partial charge in [-0.05, 0) is 62.6 Å². The van der Waals surface area contributed by atoms with E-state index in [0.717, 1.165) is 68.4 Å². The van der Waals surface area contributed by atoms with Crippen molar-refractivity contribution in [2.75, 3.05) is 44.7 Å². The van der Waals surface area contributed by atoms with Crippen molar-refractivity contribution >= 4 is 22.8 Å². The molecule has 0 unspecified atom stereocenters. The standard InChI is InChI=1S/C31H41N5O2/c1-22-11-12-26-27(35(22)31(37)38-2)13-14-28-30(26)33-29(20-23-7-4-3-5-8-23)36(28)25-10-6-9-24(19-25)21-34-17-15-32-16-18-34/h3-5,7-8,13-14,22,24-25,32H,6,9-12,15-21H2,1-2H3/t22-,24+,25+/m0/s1. The largest absolute Gasteiger partial charge is 0.452 e. The minimum Gasteiger partial charge on any atom is -0.452 e. The zero-order valence-electron chi connectivity index (χ0n) is 22.9. The van der Waals surface area contributed by atoms with Crippen LogP contribution in [0.5, 0.6) is 0 Å². The SMILES string of the molecule is COC(=O)N1c2ccc3c(nc(Cc4ccccc4)n3[C@@H]3CCC[C@@H](CN4CCNCC4)C3)c2CC[C@@H]1C. The highest BCUT2D eigenvalue weighted by atomic mass is 16.5. The minimum absolute atomic E-state index is 0.113. The number of amides is 1. The van der Waals surface area contributed by atoms with E-state index < -0.39 is 0 Å². The number of hydrogen-bond donors (Lipinski definition) is 1. The van der Waals surface area contributed by atoms with Crippen LogP contribution in [0.3, 0.4) is 0 Å². The van der Waals surface area contributed by atoms with Crippen LogP contribution in [-0.2, 0) is 17.6 Å². The van der Waals surface area contributed by atoms with Crippen LogP contribution in [-0.4, -0.2) is 66.4 Å². The number of ether oxygens (including phenoxy) is 1. The van der Waals surface area contributed by atoms with E-state index in [-0.39, 0.29) is 12.1 Å². The van der Waals surface area contributed by atoms with Gasteiger partial charge < -0.3 is 19.5 Å². The van der Waals surface area contributed by atoms with Gasteiger partial charge in [0.1, 0.15) is 5.82 Å². The summed E-state index contributed by atoms with van der Waals surface area (Å²) in [6.07, 6.45) is 7.38. The molecule has 3 aliphatic rings. The monoisotopic (exact) mass is 515 g/mol. The molecular weight excluding hydrogens is 474 g/mol. The second kappa shape index (κ2) is 11.1. The van der Waals surface area contributed by atoms with Gasteiger partial charge in [-0.3, -0.25) is 4.90 Å². The van der Waals surface area contributed by atoms with E-state index >= 15 is 0 Å². The number of hydrogen-bond acceptors (Lipinski definition) is 5. The minimum atomic E-state index is -0.287. The lowest BCUT2D eigenvalue weighted by Gasteiger charge is -2.36. The Bertz CT molecular complexity index is 1270. The maximum Gasteiger partial charge on any atom is 0.414 e. The molecule has 6 rings (SSSR count). The summed E-state index contributed by atoms with van der Waals surface area (Å²) in [6, 6.07) is 15.6. The summed E-state index contributed by atoms with van der Waals surface area (Å²) >= 11 is 0. The molecule has 0 bridgehead atoms. The summed E-state index contributed by atoms with van der Waals surface area (Å²) < 4.78 is 7.74. The third-order valence-corrected chi connectivity index (χ3v) is 8.95. The molecule has 38 heavy (non-hydrogen) atoms. The molecule has 2 aromatic carbocycles. The van der Waals surface area contributed by atoms with Crippen molar-refractivity contribution in [1.82, 2.24) is 19.8 Å². The molecule has 1 saturated heterocycles. The Balaban J connectivity index is 1.39. The highest BCUT2D eigenvalue weighted by Crippen LogP contribution is 2.41. The normalized spacial score (nSPS) is 24.4. The Morgan fingerprint density at radius 2 is 1.89 bits per heavy atom. The van der Waals surface area contributed by atoms with Crippen molar-refractivity contribution in [3.63, 3.8) is 0 Å². The van der Waals surface area contributed by atoms with Crippen LogP contribution in [0, 0.1) is 5.92 Å². The number of carbonyl (C=O) groups excluding carboxylic acids is 1. The summed E-state index contributed by atoms with van der Waals surface area (Å²) in [7, 11) is 1.47. The highest BCUT2D eigenvalue weighted by molar-refractivity contribution is 5.95. The number of methoxy groups -OCH3 is 1. The lowest BCUT2D eigenvalue weighted by molar-refractivity contribution is 0.162. The van der Waals surface area contributed by atoms with Crippen molar-refractivity contribution in [2.45, 2.75) is 64.0 Å². The van der Waals surface area contributed by atoms with Gasteiger partial charge in [0.15, 0.2) is 0 Å². The summed E-state index contributed by atoms with van der Waals surface area (Å²) in [5.74, 6) is 1.87. The molecule has 1 saturated carbocycles. The molecular formula is C31H41N5O2.